The highest BCUT2D eigenvalue weighted by Crippen LogP contribution is 2.36. The smallest absolute Gasteiger partial charge is 0.144 e. The number of aromatic nitrogens is 1. The van der Waals surface area contributed by atoms with Crippen LogP contribution in [0.4, 0.5) is 5.82 Å². The molecule has 3 N–H and O–H groups in total. The number of halogens is 2. The van der Waals surface area contributed by atoms with Gasteiger partial charge in [-0.15, -0.1) is 0 Å². The second-order valence-electron chi connectivity index (χ2n) is 5.20. The number of nitrogens with two attached hydrogens (primary N) is 1. The normalized spacial score (nSPS) is 11.9. The molecule has 18 heavy (non-hydrogen) atoms. The average molecular weight is 373 g/mol. The number of hydrogen-bond donors (Lipinski definition) is 2. The number of nitrogens with one attached hydrogen (secondary N) is 1. The Balaban J connectivity index is 2.86. The summed E-state index contributed by atoms with van der Waals surface area (Å²) in [6.45, 7) is 6.42. The van der Waals surface area contributed by atoms with E-state index < -0.39 is 0 Å². The molecule has 0 aliphatic rings. The monoisotopic (exact) mass is 371 g/mol. The van der Waals surface area contributed by atoms with E-state index in [1.54, 1.807) is 0 Å². The van der Waals surface area contributed by atoms with Crippen LogP contribution in [0, 0.1) is 0 Å². The highest BCUT2D eigenvalue weighted by atomic mass is 79.9. The van der Waals surface area contributed by atoms with Crippen LogP contribution in [0.5, 0.6) is 0 Å². The number of fused-ring (bicyclic) bond motifs is 1. The van der Waals surface area contributed by atoms with Crippen LogP contribution in [-0.2, 0) is 5.41 Å². The fourth-order valence-electron chi connectivity index (χ4n) is 1.87. The molecular weight excluding hydrogens is 358 g/mol. The summed E-state index contributed by atoms with van der Waals surface area (Å²) in [4.78, 5) is 4.61. The lowest BCUT2D eigenvalue weighted by Crippen LogP contribution is -2.19. The maximum absolute atomic E-state index is 5.59. The third-order valence-electron chi connectivity index (χ3n) is 2.83. The predicted octanol–water partition coefficient (Wildman–Crippen LogP) is 4.34. The second-order valence-corrected chi connectivity index (χ2v) is 6.91. The first-order valence-electron chi connectivity index (χ1n) is 5.60. The molecule has 0 unspecified atom stereocenters. The summed E-state index contributed by atoms with van der Waals surface area (Å²) in [6, 6.07) is 6.11. The number of benzene rings is 1. The fraction of sp³-hybridized carbons (Fsp3) is 0.308. The molecule has 5 heteroatoms. The van der Waals surface area contributed by atoms with E-state index in [0.717, 1.165) is 25.4 Å². The summed E-state index contributed by atoms with van der Waals surface area (Å²) < 4.78 is 1.99. The molecule has 1 aromatic carbocycles. The van der Waals surface area contributed by atoms with Crippen molar-refractivity contribution in [1.82, 2.24) is 4.98 Å². The van der Waals surface area contributed by atoms with Crippen LogP contribution in [0.2, 0.25) is 0 Å². The lowest BCUT2D eigenvalue weighted by atomic mass is 9.86. The zero-order chi connectivity index (χ0) is 13.5. The van der Waals surface area contributed by atoms with Crippen molar-refractivity contribution in [2.75, 3.05) is 5.43 Å². The van der Waals surface area contributed by atoms with Crippen LogP contribution in [-0.4, -0.2) is 4.98 Å². The SMILES string of the molecule is CC(C)(C)c1cc2c(Br)ccc(Br)c2nc1NN. The Morgan fingerprint density at radius 2 is 1.78 bits per heavy atom. The first kappa shape index (κ1) is 13.8. The van der Waals surface area contributed by atoms with Crippen molar-refractivity contribution in [3.63, 3.8) is 0 Å². The lowest BCUT2D eigenvalue weighted by molar-refractivity contribution is 0.590. The maximum Gasteiger partial charge on any atom is 0.144 e. The van der Waals surface area contributed by atoms with Gasteiger partial charge in [0.1, 0.15) is 5.82 Å². The van der Waals surface area contributed by atoms with Crippen LogP contribution in [0.1, 0.15) is 26.3 Å². The van der Waals surface area contributed by atoms with E-state index in [2.05, 4.69) is 69.1 Å². The molecule has 96 valence electrons. The summed E-state index contributed by atoms with van der Waals surface area (Å²) in [5.41, 5.74) is 4.66. The Bertz CT molecular complexity index is 603. The Morgan fingerprint density at radius 3 is 2.33 bits per heavy atom. The fourth-order valence-corrected chi connectivity index (χ4v) is 2.74. The van der Waals surface area contributed by atoms with Gasteiger partial charge in [0, 0.05) is 19.9 Å². The summed E-state index contributed by atoms with van der Waals surface area (Å²) in [5.74, 6) is 6.30. The van der Waals surface area contributed by atoms with Crippen LogP contribution in [0.15, 0.2) is 27.1 Å². The van der Waals surface area contributed by atoms with Gasteiger partial charge >= 0.3 is 0 Å². The molecule has 3 nitrogen and oxygen atoms in total. The number of hydrogen-bond acceptors (Lipinski definition) is 3. The van der Waals surface area contributed by atoms with Crippen LogP contribution in [0.3, 0.4) is 0 Å². The Hall–Kier alpha value is -0.650. The van der Waals surface area contributed by atoms with Crippen molar-refractivity contribution >= 4 is 48.6 Å². The van der Waals surface area contributed by atoms with Crippen molar-refractivity contribution in [1.29, 1.82) is 0 Å². The zero-order valence-corrected chi connectivity index (χ0v) is 13.7. The van der Waals surface area contributed by atoms with Crippen molar-refractivity contribution in [3.05, 3.63) is 32.7 Å². The van der Waals surface area contributed by atoms with Crippen molar-refractivity contribution < 1.29 is 0 Å². The summed E-state index contributed by atoms with van der Waals surface area (Å²) in [5, 5.41) is 1.08. The minimum absolute atomic E-state index is 0.0232. The van der Waals surface area contributed by atoms with Gasteiger partial charge in [-0.05, 0) is 39.5 Å². The first-order chi connectivity index (χ1) is 8.34. The molecule has 2 aromatic rings. The second kappa shape index (κ2) is 4.79. The molecule has 0 saturated carbocycles. The molecule has 0 saturated heterocycles. The highest BCUT2D eigenvalue weighted by molar-refractivity contribution is 9.11. The van der Waals surface area contributed by atoms with E-state index in [4.69, 9.17) is 5.84 Å². The van der Waals surface area contributed by atoms with E-state index in [-0.39, 0.29) is 5.41 Å². The Labute approximate surface area is 123 Å². The molecule has 0 atom stereocenters. The molecule has 0 aliphatic heterocycles. The predicted molar refractivity (Wildman–Crippen MR) is 83.7 cm³/mol. The molecule has 0 amide bonds. The Morgan fingerprint density at radius 1 is 1.17 bits per heavy atom. The number of anilines is 1. The summed E-state index contributed by atoms with van der Waals surface area (Å²) in [6.07, 6.45) is 0. The zero-order valence-electron chi connectivity index (χ0n) is 10.5. The van der Waals surface area contributed by atoms with Gasteiger partial charge in [-0.3, -0.25) is 0 Å². The largest absolute Gasteiger partial charge is 0.308 e. The molecule has 0 radical (unpaired) electrons. The molecule has 1 aromatic heterocycles. The van der Waals surface area contributed by atoms with Gasteiger partial charge < -0.3 is 5.43 Å². The summed E-state index contributed by atoms with van der Waals surface area (Å²) >= 11 is 7.08. The third kappa shape index (κ3) is 2.39. The molecule has 0 fully saturated rings. The minimum atomic E-state index is -0.0232. The average Bonchev–Trinajstić information content (AvgIpc) is 2.31. The quantitative estimate of drug-likeness (QED) is 0.578. The number of pyridine rings is 1. The summed E-state index contributed by atoms with van der Waals surface area (Å²) in [7, 11) is 0. The van der Waals surface area contributed by atoms with E-state index in [9.17, 15) is 0 Å². The minimum Gasteiger partial charge on any atom is -0.308 e. The number of nitrogen functional groups attached to an aromatic ring is 1. The van der Waals surface area contributed by atoms with E-state index in [0.29, 0.717) is 5.82 Å². The molecule has 0 bridgehead atoms. The van der Waals surface area contributed by atoms with Gasteiger partial charge in [-0.25, -0.2) is 10.8 Å². The van der Waals surface area contributed by atoms with E-state index in [1.807, 2.05) is 12.1 Å². The topological polar surface area (TPSA) is 50.9 Å². The van der Waals surface area contributed by atoms with E-state index >= 15 is 0 Å². The van der Waals surface area contributed by atoms with Crippen LogP contribution < -0.4 is 11.3 Å². The number of hydrazine groups is 1. The van der Waals surface area contributed by atoms with Gasteiger partial charge in [-0.1, -0.05) is 36.7 Å². The third-order valence-corrected chi connectivity index (χ3v) is 4.16. The molecule has 1 heterocycles. The van der Waals surface area contributed by atoms with Crippen molar-refractivity contribution in [2.24, 2.45) is 5.84 Å². The van der Waals surface area contributed by atoms with Gasteiger partial charge in [0.25, 0.3) is 0 Å². The van der Waals surface area contributed by atoms with Crippen LogP contribution in [0.25, 0.3) is 10.9 Å². The van der Waals surface area contributed by atoms with Gasteiger partial charge in [0.15, 0.2) is 0 Å². The molecule has 2 rings (SSSR count). The number of nitrogens with zero attached hydrogens (tertiary/aromatic N) is 1. The van der Waals surface area contributed by atoms with Gasteiger partial charge in [0.2, 0.25) is 0 Å². The molecule has 0 aliphatic carbocycles. The molecular formula is C13H15Br2N3. The van der Waals surface area contributed by atoms with Gasteiger partial charge in [0.05, 0.1) is 5.52 Å². The molecule has 0 spiro atoms. The van der Waals surface area contributed by atoms with E-state index in [1.165, 1.54) is 0 Å². The van der Waals surface area contributed by atoms with Crippen molar-refractivity contribution in [3.8, 4) is 0 Å². The first-order valence-corrected chi connectivity index (χ1v) is 7.19. The highest BCUT2D eigenvalue weighted by Gasteiger charge is 2.20. The lowest BCUT2D eigenvalue weighted by Gasteiger charge is -2.22. The standard InChI is InChI=1S/C13H15Br2N3/c1-13(2,3)8-6-7-9(14)4-5-10(15)11(7)17-12(8)18-16/h4-6H,16H2,1-3H3,(H,17,18). The van der Waals surface area contributed by atoms with Crippen LogP contribution >= 0.6 is 31.9 Å². The van der Waals surface area contributed by atoms with Gasteiger partial charge in [-0.2, -0.15) is 0 Å². The Kier molecular flexibility index (Phi) is 3.67. The number of rotatable bonds is 1. The maximum atomic E-state index is 5.59. The van der Waals surface area contributed by atoms with Crippen molar-refractivity contribution in [2.45, 2.75) is 26.2 Å².